The summed E-state index contributed by atoms with van der Waals surface area (Å²) in [7, 11) is 0. The van der Waals surface area contributed by atoms with Gasteiger partial charge in [-0.1, -0.05) is 6.92 Å². The lowest BCUT2D eigenvalue weighted by molar-refractivity contribution is 0.0988. The number of hydrogen-bond acceptors (Lipinski definition) is 3. The molecule has 0 atom stereocenters. The number of Topliss-reactive ketones (excluding diaryl/α,β-unsaturated/α-hetero) is 1. The van der Waals surface area contributed by atoms with Crippen LogP contribution in [0.15, 0.2) is 18.3 Å². The highest BCUT2D eigenvalue weighted by Gasteiger charge is 2.02. The number of ketones is 1. The molecule has 3 nitrogen and oxygen atoms in total. The van der Waals surface area contributed by atoms with Gasteiger partial charge in [-0.3, -0.25) is 4.79 Å². The second kappa shape index (κ2) is 4.60. The summed E-state index contributed by atoms with van der Waals surface area (Å²) in [5.74, 6) is 0.950. The van der Waals surface area contributed by atoms with Crippen molar-refractivity contribution in [1.29, 1.82) is 0 Å². The molecular weight excluding hydrogens is 164 g/mol. The minimum atomic E-state index is 0. The van der Waals surface area contributed by atoms with E-state index in [0.717, 1.165) is 12.4 Å². The second-order valence-corrected chi connectivity index (χ2v) is 2.74. The fourth-order valence-electron chi connectivity index (χ4n) is 1.05. The van der Waals surface area contributed by atoms with Gasteiger partial charge >= 0.3 is 0 Å². The number of nitrogens with one attached hydrogen (secondary N) is 1. The molecule has 0 bridgehead atoms. The van der Waals surface area contributed by atoms with E-state index in [1.54, 1.807) is 12.3 Å². The third-order valence-electron chi connectivity index (χ3n) is 1.76. The second-order valence-electron chi connectivity index (χ2n) is 2.74. The summed E-state index contributed by atoms with van der Waals surface area (Å²) in [5.41, 5.74) is 0.684. The van der Waals surface area contributed by atoms with Gasteiger partial charge in [-0.15, -0.1) is 0 Å². The molecule has 13 heavy (non-hydrogen) atoms. The topological polar surface area (TPSA) is 42.0 Å². The largest absolute Gasteiger partial charge is 0.370 e. The van der Waals surface area contributed by atoms with Crippen molar-refractivity contribution in [2.75, 3.05) is 11.9 Å². The third-order valence-corrected chi connectivity index (χ3v) is 1.76. The van der Waals surface area contributed by atoms with E-state index in [1.807, 2.05) is 19.9 Å². The maximum Gasteiger partial charge on any atom is 0.164 e. The molecule has 0 unspecified atom stereocenters. The Morgan fingerprint density at radius 3 is 2.77 bits per heavy atom. The summed E-state index contributed by atoms with van der Waals surface area (Å²) in [6.45, 7) is 4.70. The van der Waals surface area contributed by atoms with Gasteiger partial charge in [0, 0.05) is 26.2 Å². The highest BCUT2D eigenvalue weighted by Crippen LogP contribution is 2.06. The maximum absolute atomic E-state index is 11.2. The first-order chi connectivity index (χ1) is 6.27. The molecule has 1 aromatic rings. The van der Waals surface area contributed by atoms with Crippen LogP contribution in [0.5, 0.6) is 0 Å². The molecule has 0 amide bonds. The summed E-state index contributed by atoms with van der Waals surface area (Å²) in [4.78, 5) is 15.3. The van der Waals surface area contributed by atoms with Crippen LogP contribution in [0.4, 0.5) is 5.82 Å². The number of hydrogen-bond donors (Lipinski definition) is 1. The maximum atomic E-state index is 11.2. The van der Waals surface area contributed by atoms with E-state index in [1.165, 1.54) is 0 Å². The van der Waals surface area contributed by atoms with E-state index in [2.05, 4.69) is 10.3 Å². The predicted molar refractivity (Wildman–Crippen MR) is 55.1 cm³/mol. The Balaban J connectivity index is 0.00000169. The fourth-order valence-corrected chi connectivity index (χ4v) is 1.05. The van der Waals surface area contributed by atoms with Gasteiger partial charge in [0.25, 0.3) is 0 Å². The molecule has 1 aromatic heterocycles. The van der Waals surface area contributed by atoms with Crippen LogP contribution < -0.4 is 5.32 Å². The Hall–Kier alpha value is -1.38. The molecule has 0 radical (unpaired) electrons. The van der Waals surface area contributed by atoms with Crippen LogP contribution in [0, 0.1) is 0 Å². The zero-order chi connectivity index (χ0) is 9.68. The van der Waals surface area contributed by atoms with E-state index in [9.17, 15) is 4.79 Å². The first-order valence-corrected chi connectivity index (χ1v) is 4.51. The molecule has 1 rings (SSSR count). The number of anilines is 1. The molecular formula is C10H16N2O. The molecule has 0 aromatic carbocycles. The normalized spacial score (nSPS) is 9.69. The Labute approximate surface area is 79.7 Å². The van der Waals surface area contributed by atoms with Gasteiger partial charge in [0.15, 0.2) is 5.78 Å². The van der Waals surface area contributed by atoms with Crippen molar-refractivity contribution in [3.05, 3.63) is 23.9 Å². The van der Waals surface area contributed by atoms with E-state index >= 15 is 0 Å². The van der Waals surface area contributed by atoms with Crippen LogP contribution in [-0.4, -0.2) is 17.3 Å². The summed E-state index contributed by atoms with van der Waals surface area (Å²) in [5, 5.41) is 3.07. The minimum Gasteiger partial charge on any atom is -0.370 e. The highest BCUT2D eigenvalue weighted by molar-refractivity contribution is 5.95. The van der Waals surface area contributed by atoms with Gasteiger partial charge in [-0.2, -0.15) is 0 Å². The average Bonchev–Trinajstić information content (AvgIpc) is 2.18. The third kappa shape index (κ3) is 2.54. The van der Waals surface area contributed by atoms with Crippen molar-refractivity contribution in [3.63, 3.8) is 0 Å². The van der Waals surface area contributed by atoms with Crippen molar-refractivity contribution >= 4 is 11.6 Å². The monoisotopic (exact) mass is 180 g/mol. The van der Waals surface area contributed by atoms with Crippen molar-refractivity contribution in [2.24, 2.45) is 0 Å². The van der Waals surface area contributed by atoms with Crippen LogP contribution in [0.2, 0.25) is 0 Å². The van der Waals surface area contributed by atoms with Gasteiger partial charge in [-0.05, 0) is 19.1 Å². The van der Waals surface area contributed by atoms with Crippen LogP contribution in [-0.2, 0) is 0 Å². The molecule has 0 aliphatic heterocycles. The number of rotatable bonds is 4. The lowest BCUT2D eigenvalue weighted by Crippen LogP contribution is -2.01. The molecule has 72 valence electrons. The molecule has 1 N–H and O–H groups in total. The Kier molecular flexibility index (Phi) is 3.43. The Morgan fingerprint density at radius 2 is 2.31 bits per heavy atom. The van der Waals surface area contributed by atoms with Gasteiger partial charge in [0.2, 0.25) is 0 Å². The van der Waals surface area contributed by atoms with Crippen LogP contribution in [0.1, 0.15) is 32.1 Å². The molecule has 0 saturated carbocycles. The quantitative estimate of drug-likeness (QED) is 0.723. The summed E-state index contributed by atoms with van der Waals surface area (Å²) < 4.78 is 0. The first-order valence-electron chi connectivity index (χ1n) is 4.51. The summed E-state index contributed by atoms with van der Waals surface area (Å²) in [6.07, 6.45) is 2.14. The molecule has 0 spiro atoms. The number of nitrogens with zero attached hydrogens (tertiary/aromatic N) is 1. The van der Waals surface area contributed by atoms with Gasteiger partial charge in [0.1, 0.15) is 5.82 Å². The summed E-state index contributed by atoms with van der Waals surface area (Å²) >= 11 is 0. The Morgan fingerprint density at radius 1 is 1.54 bits per heavy atom. The average molecular weight is 180 g/mol. The molecule has 1 heterocycles. The van der Waals surface area contributed by atoms with E-state index in [-0.39, 0.29) is 7.21 Å². The van der Waals surface area contributed by atoms with E-state index in [0.29, 0.717) is 12.0 Å². The molecule has 0 saturated heterocycles. The smallest absolute Gasteiger partial charge is 0.164 e. The number of carbonyl (C=O) groups excluding carboxylic acids is 1. The minimum absolute atomic E-state index is 0. The van der Waals surface area contributed by atoms with Gasteiger partial charge < -0.3 is 5.32 Å². The number of pyridine rings is 1. The predicted octanol–water partition coefficient (Wildman–Crippen LogP) is 2.35. The lowest BCUT2D eigenvalue weighted by atomic mass is 10.1. The Bertz CT molecular complexity index is 285. The lowest BCUT2D eigenvalue weighted by Gasteiger charge is -2.02. The van der Waals surface area contributed by atoms with Crippen molar-refractivity contribution < 1.29 is 6.22 Å². The van der Waals surface area contributed by atoms with Crippen LogP contribution in [0.3, 0.4) is 0 Å². The molecule has 3 heteroatoms. The van der Waals surface area contributed by atoms with Crippen LogP contribution >= 0.6 is 0 Å². The number of carbonyl (C=O) groups is 1. The van der Waals surface area contributed by atoms with E-state index in [4.69, 9.17) is 0 Å². The first kappa shape index (κ1) is 9.71. The molecule has 0 fully saturated rings. The van der Waals surface area contributed by atoms with Crippen molar-refractivity contribution in [1.82, 2.24) is 4.98 Å². The van der Waals surface area contributed by atoms with E-state index < -0.39 is 0 Å². The highest BCUT2D eigenvalue weighted by atomic mass is 16.1. The van der Waals surface area contributed by atoms with Crippen molar-refractivity contribution in [2.45, 2.75) is 20.3 Å². The molecule has 0 aliphatic rings. The zero-order valence-electron chi connectivity index (χ0n) is 8.00. The fraction of sp³-hybridized carbons (Fsp3) is 0.400. The van der Waals surface area contributed by atoms with Gasteiger partial charge in [-0.25, -0.2) is 4.98 Å². The molecule has 0 aliphatic carbocycles. The van der Waals surface area contributed by atoms with Crippen LogP contribution in [0.25, 0.3) is 0 Å². The zero-order valence-corrected chi connectivity index (χ0v) is 8.00. The summed E-state index contributed by atoms with van der Waals surface area (Å²) in [6, 6.07) is 3.63. The SMILES string of the molecule is CCNc1ccc(C(=O)CC)cn1.[HH]. The standard InChI is InChI=1S/C10H14N2O.H2/c1-3-9(13)8-5-6-10(11-4-2)12-7-8;/h5-7H,3-4H2,1-2H3,(H,11,12);1H. The van der Waals surface area contributed by atoms with Crippen molar-refractivity contribution in [3.8, 4) is 0 Å². The number of aromatic nitrogens is 1. The van der Waals surface area contributed by atoms with Gasteiger partial charge in [0.05, 0.1) is 0 Å².